The fourth-order valence-electron chi connectivity index (χ4n) is 1.35. The number of aromatic hydroxyl groups is 1. The van der Waals surface area contributed by atoms with Crippen LogP contribution in [0.15, 0.2) is 24.3 Å². The van der Waals surface area contributed by atoms with E-state index in [1.165, 1.54) is 19.2 Å². The maximum Gasteiger partial charge on any atom is 0.162 e. The lowest BCUT2D eigenvalue weighted by atomic mass is 10.2. The standard InChI is InChI=1S/C11H8Cl2N2O2/c1-17-8-3-2-6(4-7(8)16)11-14-9(12)5-10(13)15-11/h2-5,16H,1H3. The van der Waals surface area contributed by atoms with Gasteiger partial charge in [-0.1, -0.05) is 23.2 Å². The van der Waals surface area contributed by atoms with Gasteiger partial charge in [-0.2, -0.15) is 0 Å². The SMILES string of the molecule is COc1ccc(-c2nc(Cl)cc(Cl)n2)cc1O. The van der Waals surface area contributed by atoms with Gasteiger partial charge >= 0.3 is 0 Å². The fourth-order valence-corrected chi connectivity index (χ4v) is 1.77. The summed E-state index contributed by atoms with van der Waals surface area (Å²) in [6, 6.07) is 6.25. The molecule has 2 aromatic rings. The quantitative estimate of drug-likeness (QED) is 0.852. The number of benzene rings is 1. The first-order valence-electron chi connectivity index (χ1n) is 4.67. The Hall–Kier alpha value is -1.52. The number of hydrogen-bond acceptors (Lipinski definition) is 4. The first-order valence-corrected chi connectivity index (χ1v) is 5.43. The predicted octanol–water partition coefficient (Wildman–Crippen LogP) is 3.16. The van der Waals surface area contributed by atoms with Gasteiger partial charge in [0.25, 0.3) is 0 Å². The molecule has 0 unspecified atom stereocenters. The molecule has 1 N–H and O–H groups in total. The second kappa shape index (κ2) is 4.77. The van der Waals surface area contributed by atoms with Crippen LogP contribution in [0.2, 0.25) is 10.3 Å². The molecule has 4 nitrogen and oxygen atoms in total. The van der Waals surface area contributed by atoms with Crippen LogP contribution in [-0.4, -0.2) is 22.2 Å². The molecule has 0 aliphatic heterocycles. The van der Waals surface area contributed by atoms with E-state index in [1.807, 2.05) is 0 Å². The highest BCUT2D eigenvalue weighted by atomic mass is 35.5. The second-order valence-corrected chi connectivity index (χ2v) is 4.00. The number of methoxy groups -OCH3 is 1. The van der Waals surface area contributed by atoms with Gasteiger partial charge in [0.05, 0.1) is 7.11 Å². The van der Waals surface area contributed by atoms with Gasteiger partial charge in [0.2, 0.25) is 0 Å². The number of rotatable bonds is 2. The van der Waals surface area contributed by atoms with Gasteiger partial charge in [-0.3, -0.25) is 0 Å². The minimum Gasteiger partial charge on any atom is -0.504 e. The number of nitrogens with zero attached hydrogens (tertiary/aromatic N) is 2. The highest BCUT2D eigenvalue weighted by Gasteiger charge is 2.08. The maximum absolute atomic E-state index is 9.64. The highest BCUT2D eigenvalue weighted by Crippen LogP contribution is 2.30. The van der Waals surface area contributed by atoms with Crippen molar-refractivity contribution in [1.29, 1.82) is 0 Å². The van der Waals surface area contributed by atoms with E-state index in [9.17, 15) is 5.11 Å². The Morgan fingerprint density at radius 2 is 1.76 bits per heavy atom. The van der Waals surface area contributed by atoms with Crippen LogP contribution in [0.5, 0.6) is 11.5 Å². The Bertz CT molecular complexity index is 541. The molecule has 2 rings (SSSR count). The molecule has 0 radical (unpaired) electrons. The van der Waals surface area contributed by atoms with E-state index in [2.05, 4.69) is 9.97 Å². The molecular formula is C11H8Cl2N2O2. The first-order chi connectivity index (χ1) is 8.10. The Labute approximate surface area is 108 Å². The highest BCUT2D eigenvalue weighted by molar-refractivity contribution is 6.33. The number of phenolic OH excluding ortho intramolecular Hbond substituents is 1. The molecule has 0 saturated heterocycles. The van der Waals surface area contributed by atoms with Crippen LogP contribution in [0, 0.1) is 0 Å². The van der Waals surface area contributed by atoms with Gasteiger partial charge in [0.1, 0.15) is 10.3 Å². The molecule has 1 aromatic carbocycles. The van der Waals surface area contributed by atoms with Gasteiger partial charge in [-0.15, -0.1) is 0 Å². The lowest BCUT2D eigenvalue weighted by Crippen LogP contribution is -1.91. The van der Waals surface area contributed by atoms with Crippen LogP contribution < -0.4 is 4.74 Å². The number of halogens is 2. The molecule has 0 bridgehead atoms. The van der Waals surface area contributed by atoms with Crippen LogP contribution >= 0.6 is 23.2 Å². The van der Waals surface area contributed by atoms with Crippen molar-refractivity contribution in [3.8, 4) is 22.9 Å². The van der Waals surface area contributed by atoms with Crippen molar-refractivity contribution >= 4 is 23.2 Å². The van der Waals surface area contributed by atoms with Crippen molar-refractivity contribution in [2.75, 3.05) is 7.11 Å². The van der Waals surface area contributed by atoms with Crippen LogP contribution in [0.3, 0.4) is 0 Å². The normalized spacial score (nSPS) is 10.3. The van der Waals surface area contributed by atoms with Crippen LogP contribution in [0.4, 0.5) is 0 Å². The summed E-state index contributed by atoms with van der Waals surface area (Å²) in [6.45, 7) is 0. The maximum atomic E-state index is 9.64. The smallest absolute Gasteiger partial charge is 0.162 e. The van der Waals surface area contributed by atoms with Crippen LogP contribution in [0.25, 0.3) is 11.4 Å². The number of aromatic nitrogens is 2. The van der Waals surface area contributed by atoms with Gasteiger partial charge < -0.3 is 9.84 Å². The molecule has 0 fully saturated rings. The average Bonchev–Trinajstić information content (AvgIpc) is 2.27. The zero-order valence-electron chi connectivity index (χ0n) is 8.82. The Kier molecular flexibility index (Phi) is 3.36. The van der Waals surface area contributed by atoms with E-state index < -0.39 is 0 Å². The molecule has 0 atom stereocenters. The largest absolute Gasteiger partial charge is 0.504 e. The van der Waals surface area contributed by atoms with E-state index in [1.54, 1.807) is 12.1 Å². The first kappa shape index (κ1) is 12.0. The molecule has 1 heterocycles. The van der Waals surface area contributed by atoms with E-state index in [4.69, 9.17) is 27.9 Å². The Morgan fingerprint density at radius 1 is 1.12 bits per heavy atom. The molecule has 0 spiro atoms. The van der Waals surface area contributed by atoms with Gasteiger partial charge in [0.15, 0.2) is 17.3 Å². The van der Waals surface area contributed by atoms with E-state index >= 15 is 0 Å². The third-order valence-corrected chi connectivity index (χ3v) is 2.49. The monoisotopic (exact) mass is 270 g/mol. The van der Waals surface area contributed by atoms with E-state index in [-0.39, 0.29) is 16.1 Å². The van der Waals surface area contributed by atoms with Crippen molar-refractivity contribution < 1.29 is 9.84 Å². The molecule has 0 aliphatic carbocycles. The Balaban J connectivity index is 2.49. The van der Waals surface area contributed by atoms with E-state index in [0.29, 0.717) is 17.1 Å². The summed E-state index contributed by atoms with van der Waals surface area (Å²) < 4.78 is 4.94. The second-order valence-electron chi connectivity index (χ2n) is 3.22. The van der Waals surface area contributed by atoms with Gasteiger partial charge in [-0.25, -0.2) is 9.97 Å². The number of ether oxygens (including phenoxy) is 1. The van der Waals surface area contributed by atoms with Crippen LogP contribution in [0.1, 0.15) is 0 Å². The third kappa shape index (κ3) is 2.60. The summed E-state index contributed by atoms with van der Waals surface area (Å²) in [4.78, 5) is 8.04. The zero-order chi connectivity index (χ0) is 12.4. The zero-order valence-corrected chi connectivity index (χ0v) is 10.3. The van der Waals surface area contributed by atoms with Crippen molar-refractivity contribution in [1.82, 2.24) is 9.97 Å². The summed E-state index contributed by atoms with van der Waals surface area (Å²) in [5, 5.41) is 10.1. The van der Waals surface area contributed by atoms with Gasteiger partial charge in [0, 0.05) is 11.6 Å². The summed E-state index contributed by atoms with van der Waals surface area (Å²) >= 11 is 11.6. The minimum atomic E-state index is 0.00435. The molecule has 6 heteroatoms. The third-order valence-electron chi connectivity index (χ3n) is 2.10. The minimum absolute atomic E-state index is 0.00435. The van der Waals surface area contributed by atoms with Crippen molar-refractivity contribution in [2.24, 2.45) is 0 Å². The molecule has 88 valence electrons. The fraction of sp³-hybridized carbons (Fsp3) is 0.0909. The molecular weight excluding hydrogens is 263 g/mol. The average molecular weight is 271 g/mol. The number of hydrogen-bond donors (Lipinski definition) is 1. The summed E-state index contributed by atoms with van der Waals surface area (Å²) in [5.74, 6) is 0.729. The van der Waals surface area contributed by atoms with Gasteiger partial charge in [-0.05, 0) is 18.2 Å². The van der Waals surface area contributed by atoms with Crippen molar-refractivity contribution in [3.63, 3.8) is 0 Å². The topological polar surface area (TPSA) is 55.2 Å². The van der Waals surface area contributed by atoms with Crippen molar-refractivity contribution in [2.45, 2.75) is 0 Å². The summed E-state index contributed by atoms with van der Waals surface area (Å²) in [5.41, 5.74) is 0.604. The summed E-state index contributed by atoms with van der Waals surface area (Å²) in [6.07, 6.45) is 0. The lowest BCUT2D eigenvalue weighted by Gasteiger charge is -2.05. The van der Waals surface area contributed by atoms with E-state index in [0.717, 1.165) is 0 Å². The molecule has 1 aromatic heterocycles. The molecule has 17 heavy (non-hydrogen) atoms. The van der Waals surface area contributed by atoms with Crippen molar-refractivity contribution in [3.05, 3.63) is 34.6 Å². The molecule has 0 aliphatic rings. The molecule has 0 amide bonds. The van der Waals surface area contributed by atoms with Crippen LogP contribution in [-0.2, 0) is 0 Å². The Morgan fingerprint density at radius 3 is 2.29 bits per heavy atom. The lowest BCUT2D eigenvalue weighted by molar-refractivity contribution is 0.373. The predicted molar refractivity (Wildman–Crippen MR) is 65.7 cm³/mol. The number of phenols is 1. The summed E-state index contributed by atoms with van der Waals surface area (Å²) in [7, 11) is 1.47. The molecule has 0 saturated carbocycles.